The van der Waals surface area contributed by atoms with E-state index in [4.69, 9.17) is 0 Å². The molecule has 13 heavy (non-hydrogen) atoms. The van der Waals surface area contributed by atoms with Crippen molar-refractivity contribution in [2.24, 2.45) is 16.7 Å². The normalized spacial score (nSPS) is 35.3. The maximum atomic E-state index is 2.51. The Hall–Kier alpha value is 0. The molecule has 2 unspecified atom stereocenters. The standard InChI is InChI=1S/C13H26/c1-6-8-12(3,4)13(5)9-7-11(2)10-13/h11H,6-10H2,1-5H3. The maximum absolute atomic E-state index is 2.51. The molecular weight excluding hydrogens is 156 g/mol. The fourth-order valence-corrected chi connectivity index (χ4v) is 3.08. The highest BCUT2D eigenvalue weighted by atomic mass is 14.5. The Morgan fingerprint density at radius 3 is 2.38 bits per heavy atom. The van der Waals surface area contributed by atoms with Gasteiger partial charge >= 0.3 is 0 Å². The van der Waals surface area contributed by atoms with Gasteiger partial charge in [0.1, 0.15) is 0 Å². The van der Waals surface area contributed by atoms with Crippen LogP contribution in [-0.4, -0.2) is 0 Å². The summed E-state index contributed by atoms with van der Waals surface area (Å²) in [5.41, 5.74) is 1.16. The SMILES string of the molecule is CCCC(C)(C)C1(C)CCC(C)C1. The Kier molecular flexibility index (Phi) is 3.09. The van der Waals surface area contributed by atoms with Gasteiger partial charge in [-0.25, -0.2) is 0 Å². The van der Waals surface area contributed by atoms with Crippen LogP contribution in [0.25, 0.3) is 0 Å². The van der Waals surface area contributed by atoms with Gasteiger partial charge in [0.15, 0.2) is 0 Å². The van der Waals surface area contributed by atoms with E-state index in [9.17, 15) is 0 Å². The lowest BCUT2D eigenvalue weighted by atomic mass is 9.63. The van der Waals surface area contributed by atoms with Crippen molar-refractivity contribution in [3.05, 3.63) is 0 Å². The van der Waals surface area contributed by atoms with E-state index >= 15 is 0 Å². The lowest BCUT2D eigenvalue weighted by molar-refractivity contribution is 0.0804. The van der Waals surface area contributed by atoms with E-state index in [0.29, 0.717) is 10.8 Å². The average Bonchev–Trinajstić information content (AvgIpc) is 2.32. The fraction of sp³-hybridized carbons (Fsp3) is 1.00. The largest absolute Gasteiger partial charge is 0.0654 e. The quantitative estimate of drug-likeness (QED) is 0.596. The minimum atomic E-state index is 0.548. The maximum Gasteiger partial charge on any atom is -0.0272 e. The monoisotopic (exact) mass is 182 g/mol. The van der Waals surface area contributed by atoms with Crippen LogP contribution in [0.5, 0.6) is 0 Å². The van der Waals surface area contributed by atoms with Crippen molar-refractivity contribution in [2.45, 2.75) is 66.7 Å². The molecule has 0 heteroatoms. The summed E-state index contributed by atoms with van der Waals surface area (Å²) in [6, 6.07) is 0. The predicted molar refractivity (Wildman–Crippen MR) is 59.8 cm³/mol. The van der Waals surface area contributed by atoms with Crippen molar-refractivity contribution < 1.29 is 0 Å². The van der Waals surface area contributed by atoms with Crippen molar-refractivity contribution in [3.63, 3.8) is 0 Å². The second-order valence-corrected chi connectivity index (χ2v) is 6.04. The second kappa shape index (κ2) is 3.63. The van der Waals surface area contributed by atoms with Crippen LogP contribution >= 0.6 is 0 Å². The number of rotatable bonds is 3. The molecule has 0 amide bonds. The van der Waals surface area contributed by atoms with Gasteiger partial charge in [0.25, 0.3) is 0 Å². The minimum Gasteiger partial charge on any atom is -0.0654 e. The molecule has 0 N–H and O–H groups in total. The molecule has 2 atom stereocenters. The van der Waals surface area contributed by atoms with Crippen molar-refractivity contribution >= 4 is 0 Å². The fourth-order valence-electron chi connectivity index (χ4n) is 3.08. The summed E-state index contributed by atoms with van der Waals surface area (Å²) < 4.78 is 0. The third-order valence-corrected chi connectivity index (χ3v) is 4.50. The molecule has 1 aliphatic rings. The molecule has 0 nitrogen and oxygen atoms in total. The van der Waals surface area contributed by atoms with Crippen LogP contribution in [0.1, 0.15) is 66.7 Å². The third-order valence-electron chi connectivity index (χ3n) is 4.50. The minimum absolute atomic E-state index is 0.548. The number of hydrogen-bond acceptors (Lipinski definition) is 0. The van der Waals surface area contributed by atoms with Crippen LogP contribution in [-0.2, 0) is 0 Å². The van der Waals surface area contributed by atoms with Gasteiger partial charge in [-0.2, -0.15) is 0 Å². The Bertz CT molecular complexity index is 169. The number of hydrogen-bond donors (Lipinski definition) is 0. The third kappa shape index (κ3) is 2.08. The van der Waals surface area contributed by atoms with E-state index < -0.39 is 0 Å². The van der Waals surface area contributed by atoms with E-state index in [1.165, 1.54) is 32.1 Å². The molecule has 1 rings (SSSR count). The van der Waals surface area contributed by atoms with Crippen LogP contribution in [0.3, 0.4) is 0 Å². The molecular formula is C13H26. The highest BCUT2D eigenvalue weighted by Crippen LogP contribution is 2.54. The zero-order chi connectivity index (χ0) is 10.1. The zero-order valence-electron chi connectivity index (χ0n) is 10.1. The molecule has 1 saturated carbocycles. The van der Waals surface area contributed by atoms with Crippen molar-refractivity contribution in [1.29, 1.82) is 0 Å². The van der Waals surface area contributed by atoms with Crippen LogP contribution < -0.4 is 0 Å². The summed E-state index contributed by atoms with van der Waals surface area (Å²) in [4.78, 5) is 0. The van der Waals surface area contributed by atoms with Crippen molar-refractivity contribution in [2.75, 3.05) is 0 Å². The average molecular weight is 182 g/mol. The van der Waals surface area contributed by atoms with Gasteiger partial charge < -0.3 is 0 Å². The molecule has 0 aromatic rings. The molecule has 0 heterocycles. The lowest BCUT2D eigenvalue weighted by Crippen LogP contribution is -2.32. The van der Waals surface area contributed by atoms with Gasteiger partial charge in [-0.1, -0.05) is 47.5 Å². The summed E-state index contributed by atoms with van der Waals surface area (Å²) in [5.74, 6) is 0.959. The molecule has 0 bridgehead atoms. The smallest absolute Gasteiger partial charge is 0.0272 e. The highest BCUT2D eigenvalue weighted by molar-refractivity contribution is 4.94. The van der Waals surface area contributed by atoms with E-state index in [1.807, 2.05) is 0 Å². The van der Waals surface area contributed by atoms with Crippen LogP contribution in [0.15, 0.2) is 0 Å². The first-order valence-electron chi connectivity index (χ1n) is 5.91. The summed E-state index contributed by atoms with van der Waals surface area (Å²) in [6.07, 6.45) is 7.05. The summed E-state index contributed by atoms with van der Waals surface area (Å²) in [7, 11) is 0. The van der Waals surface area contributed by atoms with Gasteiger partial charge in [0.2, 0.25) is 0 Å². The molecule has 0 aliphatic heterocycles. The zero-order valence-corrected chi connectivity index (χ0v) is 10.1. The highest BCUT2D eigenvalue weighted by Gasteiger charge is 2.44. The van der Waals surface area contributed by atoms with Crippen molar-refractivity contribution in [3.8, 4) is 0 Å². The Labute approximate surface area is 84.1 Å². The Morgan fingerprint density at radius 1 is 1.38 bits per heavy atom. The summed E-state index contributed by atoms with van der Waals surface area (Å²) >= 11 is 0. The molecule has 0 radical (unpaired) electrons. The lowest BCUT2D eigenvalue weighted by Gasteiger charge is -2.42. The van der Waals surface area contributed by atoms with E-state index in [-0.39, 0.29) is 0 Å². The van der Waals surface area contributed by atoms with E-state index in [0.717, 1.165) is 5.92 Å². The van der Waals surface area contributed by atoms with Gasteiger partial charge in [-0.15, -0.1) is 0 Å². The van der Waals surface area contributed by atoms with E-state index in [1.54, 1.807) is 0 Å². The first kappa shape index (κ1) is 11.1. The Balaban J connectivity index is 2.68. The molecule has 0 aromatic carbocycles. The van der Waals surface area contributed by atoms with Crippen molar-refractivity contribution in [1.82, 2.24) is 0 Å². The molecule has 1 aliphatic carbocycles. The van der Waals surface area contributed by atoms with Crippen LogP contribution in [0.2, 0.25) is 0 Å². The first-order chi connectivity index (χ1) is 5.91. The molecule has 78 valence electrons. The summed E-state index contributed by atoms with van der Waals surface area (Å²) in [5, 5.41) is 0. The molecule has 0 saturated heterocycles. The van der Waals surface area contributed by atoms with Crippen LogP contribution in [0.4, 0.5) is 0 Å². The van der Waals surface area contributed by atoms with Gasteiger partial charge in [-0.3, -0.25) is 0 Å². The molecule has 0 aromatic heterocycles. The molecule has 1 fully saturated rings. The van der Waals surface area contributed by atoms with Crippen LogP contribution in [0, 0.1) is 16.7 Å². The van der Waals surface area contributed by atoms with Gasteiger partial charge in [-0.05, 0) is 36.0 Å². The topological polar surface area (TPSA) is 0 Å². The molecule has 0 spiro atoms. The summed E-state index contributed by atoms with van der Waals surface area (Å²) in [6.45, 7) is 12.2. The second-order valence-electron chi connectivity index (χ2n) is 6.04. The predicted octanol–water partition coefficient (Wildman–Crippen LogP) is 4.64. The van der Waals surface area contributed by atoms with E-state index in [2.05, 4.69) is 34.6 Å². The Morgan fingerprint density at radius 2 is 2.00 bits per heavy atom. The first-order valence-corrected chi connectivity index (χ1v) is 5.91. The van der Waals surface area contributed by atoms with Gasteiger partial charge in [0, 0.05) is 0 Å². The van der Waals surface area contributed by atoms with Gasteiger partial charge in [0.05, 0.1) is 0 Å².